The Morgan fingerprint density at radius 2 is 1.15 bits per heavy atom. The number of hydrogen-bond donors (Lipinski definition) is 5. The fourth-order valence-corrected chi connectivity index (χ4v) is 1.11. The first-order valence-electron chi connectivity index (χ1n) is 6.46. The molecule has 2 atom stereocenters. The first kappa shape index (κ1) is 19.7. The fourth-order valence-electron chi connectivity index (χ4n) is 1.11. The maximum absolute atomic E-state index is 8.50. The Kier molecular flexibility index (Phi) is 11.2. The van der Waals surface area contributed by atoms with Crippen LogP contribution in [0, 0.1) is 5.41 Å². The molecule has 2 heterocycles. The van der Waals surface area contributed by atoms with Crippen molar-refractivity contribution in [1.82, 2.24) is 0 Å². The minimum Gasteiger partial charge on any atom is -0.400 e. The zero-order chi connectivity index (χ0) is 15.4. The lowest BCUT2D eigenvalue weighted by atomic mass is 9.93. The van der Waals surface area contributed by atoms with Crippen LogP contribution in [0.1, 0.15) is 12.8 Å². The highest BCUT2D eigenvalue weighted by Gasteiger charge is 2.27. The van der Waals surface area contributed by atoms with E-state index < -0.39 is 31.8 Å². The molecule has 2 fully saturated rings. The number of aliphatic hydroxyl groups is 5. The molecule has 2 saturated heterocycles. The van der Waals surface area contributed by atoms with E-state index in [1.165, 1.54) is 0 Å². The molecule has 0 aromatic heterocycles. The molecule has 2 aliphatic heterocycles. The number of hydrogen-bond acceptors (Lipinski definition) is 8. The lowest BCUT2D eigenvalue weighted by Crippen LogP contribution is -2.39. The summed E-state index contributed by atoms with van der Waals surface area (Å²) in [6.45, 7) is 0.0643. The van der Waals surface area contributed by atoms with E-state index in [0.29, 0.717) is 0 Å². The van der Waals surface area contributed by atoms with E-state index in [2.05, 4.69) is 0 Å². The van der Waals surface area contributed by atoms with Crippen LogP contribution in [0.5, 0.6) is 0 Å². The van der Waals surface area contributed by atoms with Crippen molar-refractivity contribution in [1.29, 1.82) is 0 Å². The largest absolute Gasteiger partial charge is 0.400 e. The standard InChI is InChI=1S/C6H10O3.C5H12O4.CH4O/c1-3-7-5(1)9-6-2-4-8-6;6-1-5(2-7,3-8)4-9;1-2/h5-6H,1-4H2;6-9H,1-4H2;2H,1H3. The van der Waals surface area contributed by atoms with E-state index in [-0.39, 0.29) is 12.6 Å². The molecule has 8 heteroatoms. The van der Waals surface area contributed by atoms with Crippen LogP contribution in [0.25, 0.3) is 0 Å². The van der Waals surface area contributed by atoms with Crippen LogP contribution in [-0.2, 0) is 14.2 Å². The molecule has 5 N–H and O–H groups in total. The second-order valence-electron chi connectivity index (χ2n) is 4.45. The number of rotatable bonds is 6. The predicted octanol–water partition coefficient (Wildman–Crippen LogP) is -1.95. The van der Waals surface area contributed by atoms with E-state index in [1.807, 2.05) is 0 Å². The van der Waals surface area contributed by atoms with Gasteiger partial charge in [-0.1, -0.05) is 0 Å². The Bertz CT molecular complexity index is 184. The molecule has 0 aromatic carbocycles. The maximum atomic E-state index is 8.50. The van der Waals surface area contributed by atoms with Crippen molar-refractivity contribution in [3.63, 3.8) is 0 Å². The first-order chi connectivity index (χ1) is 9.69. The summed E-state index contributed by atoms with van der Waals surface area (Å²) in [4.78, 5) is 0. The summed E-state index contributed by atoms with van der Waals surface area (Å²) in [5, 5.41) is 41.0. The van der Waals surface area contributed by atoms with Gasteiger partial charge in [0.25, 0.3) is 0 Å². The van der Waals surface area contributed by atoms with Crippen molar-refractivity contribution in [2.24, 2.45) is 5.41 Å². The third-order valence-corrected chi connectivity index (χ3v) is 2.96. The van der Waals surface area contributed by atoms with Crippen molar-refractivity contribution in [3.8, 4) is 0 Å². The number of ether oxygens (including phenoxy) is 3. The highest BCUT2D eigenvalue weighted by molar-refractivity contribution is 4.74. The second kappa shape index (κ2) is 11.4. The Balaban J connectivity index is 0.000000321. The van der Waals surface area contributed by atoms with E-state index in [9.17, 15) is 0 Å². The summed E-state index contributed by atoms with van der Waals surface area (Å²) in [5.41, 5.74) is -1.11. The lowest BCUT2D eigenvalue weighted by molar-refractivity contribution is -0.320. The molecule has 2 aliphatic rings. The first-order valence-corrected chi connectivity index (χ1v) is 6.46. The van der Waals surface area contributed by atoms with Gasteiger partial charge in [-0.25, -0.2) is 0 Å². The summed E-state index contributed by atoms with van der Waals surface area (Å²) < 4.78 is 15.3. The van der Waals surface area contributed by atoms with E-state index in [1.54, 1.807) is 0 Å². The molecule has 2 rings (SSSR count). The topological polar surface area (TPSA) is 129 Å². The number of aliphatic hydroxyl groups excluding tert-OH is 5. The average Bonchev–Trinajstić information content (AvgIpc) is 2.42. The van der Waals surface area contributed by atoms with Crippen molar-refractivity contribution in [2.45, 2.75) is 25.4 Å². The minimum atomic E-state index is -1.11. The van der Waals surface area contributed by atoms with E-state index >= 15 is 0 Å². The van der Waals surface area contributed by atoms with Crippen LogP contribution in [0.3, 0.4) is 0 Å². The quantitative estimate of drug-likeness (QED) is 0.382. The SMILES string of the molecule is C1CC(OC2CCO2)O1.CO.OCC(CO)(CO)CO. The molecule has 20 heavy (non-hydrogen) atoms. The molecule has 0 aromatic rings. The summed E-state index contributed by atoms with van der Waals surface area (Å²) in [5.74, 6) is 0. The smallest absolute Gasteiger partial charge is 0.162 e. The normalized spacial score (nSPS) is 24.3. The summed E-state index contributed by atoms with van der Waals surface area (Å²) in [6, 6.07) is 0. The zero-order valence-corrected chi connectivity index (χ0v) is 11.8. The van der Waals surface area contributed by atoms with Crippen LogP contribution in [0.2, 0.25) is 0 Å². The third kappa shape index (κ3) is 6.42. The zero-order valence-electron chi connectivity index (χ0n) is 11.8. The molecule has 0 amide bonds. The fraction of sp³-hybridized carbons (Fsp3) is 1.00. The third-order valence-electron chi connectivity index (χ3n) is 2.96. The Morgan fingerprint density at radius 3 is 1.25 bits per heavy atom. The van der Waals surface area contributed by atoms with Gasteiger partial charge in [-0.15, -0.1) is 0 Å². The molecule has 0 aliphatic carbocycles. The maximum Gasteiger partial charge on any atom is 0.162 e. The van der Waals surface area contributed by atoms with Crippen LogP contribution < -0.4 is 0 Å². The lowest BCUT2D eigenvalue weighted by Gasteiger charge is -2.34. The van der Waals surface area contributed by atoms with Gasteiger partial charge in [-0.2, -0.15) is 0 Å². The van der Waals surface area contributed by atoms with Crippen LogP contribution in [-0.4, -0.2) is 84.9 Å². The van der Waals surface area contributed by atoms with Crippen molar-refractivity contribution in [2.75, 3.05) is 46.8 Å². The summed E-state index contributed by atoms with van der Waals surface area (Å²) in [6.07, 6.45) is 2.13. The van der Waals surface area contributed by atoms with E-state index in [4.69, 9.17) is 39.7 Å². The molecule has 2 unspecified atom stereocenters. The predicted molar refractivity (Wildman–Crippen MR) is 68.7 cm³/mol. The molecule has 0 spiro atoms. The van der Waals surface area contributed by atoms with Gasteiger partial charge < -0.3 is 39.7 Å². The summed E-state index contributed by atoms with van der Waals surface area (Å²) >= 11 is 0. The average molecular weight is 298 g/mol. The van der Waals surface area contributed by atoms with Crippen molar-refractivity contribution in [3.05, 3.63) is 0 Å². The van der Waals surface area contributed by atoms with Crippen molar-refractivity contribution >= 4 is 0 Å². The molecule has 0 bridgehead atoms. The van der Waals surface area contributed by atoms with E-state index in [0.717, 1.165) is 33.2 Å². The Labute approximate surface area is 118 Å². The molecular formula is C12H26O8. The highest BCUT2D eigenvalue weighted by atomic mass is 16.8. The van der Waals surface area contributed by atoms with Gasteiger partial charge in [0, 0.05) is 20.0 Å². The highest BCUT2D eigenvalue weighted by Crippen LogP contribution is 2.20. The molecular weight excluding hydrogens is 272 g/mol. The summed E-state index contributed by atoms with van der Waals surface area (Å²) in [7, 11) is 1.00. The Morgan fingerprint density at radius 1 is 0.850 bits per heavy atom. The van der Waals surface area contributed by atoms with Gasteiger partial charge in [-0.05, 0) is 0 Å². The molecule has 0 radical (unpaired) electrons. The van der Waals surface area contributed by atoms with Crippen LogP contribution in [0.15, 0.2) is 0 Å². The second-order valence-corrected chi connectivity index (χ2v) is 4.45. The Hall–Kier alpha value is -0.320. The van der Waals surface area contributed by atoms with Crippen LogP contribution >= 0.6 is 0 Å². The molecule has 8 nitrogen and oxygen atoms in total. The minimum absolute atomic E-state index is 0.0373. The van der Waals surface area contributed by atoms with Gasteiger partial charge in [0.2, 0.25) is 0 Å². The molecule has 0 saturated carbocycles. The van der Waals surface area contributed by atoms with Crippen LogP contribution in [0.4, 0.5) is 0 Å². The van der Waals surface area contributed by atoms with Gasteiger partial charge in [-0.3, -0.25) is 0 Å². The van der Waals surface area contributed by atoms with Gasteiger partial charge in [0.1, 0.15) is 0 Å². The van der Waals surface area contributed by atoms with Gasteiger partial charge in [0.05, 0.1) is 45.1 Å². The molecule has 122 valence electrons. The van der Waals surface area contributed by atoms with Gasteiger partial charge >= 0.3 is 0 Å². The van der Waals surface area contributed by atoms with Crippen molar-refractivity contribution < 1.29 is 39.7 Å². The monoisotopic (exact) mass is 298 g/mol. The van der Waals surface area contributed by atoms with Gasteiger partial charge in [0.15, 0.2) is 12.6 Å².